The Hall–Kier alpha value is -1.05. The van der Waals surface area contributed by atoms with Gasteiger partial charge in [-0.05, 0) is 25.3 Å². The Kier molecular flexibility index (Phi) is 0.978. The van der Waals surface area contributed by atoms with Gasteiger partial charge in [0.2, 0.25) is 5.91 Å². The number of carbonyl (C=O) groups excluding carboxylic acids is 1. The van der Waals surface area contributed by atoms with Crippen LogP contribution in [0.3, 0.4) is 0 Å². The van der Waals surface area contributed by atoms with Gasteiger partial charge in [-0.15, -0.1) is 0 Å². The summed E-state index contributed by atoms with van der Waals surface area (Å²) in [7, 11) is 0. The fraction of sp³-hybridized carbons (Fsp3) is 0.500. The molecule has 1 unspecified atom stereocenters. The van der Waals surface area contributed by atoms with Gasteiger partial charge in [-0.1, -0.05) is 12.2 Å². The van der Waals surface area contributed by atoms with E-state index >= 15 is 0 Å². The number of nitrogens with one attached hydrogen (secondary N) is 1. The molecule has 3 aliphatic rings. The van der Waals surface area contributed by atoms with Crippen LogP contribution in [0, 0.1) is 11.3 Å². The lowest BCUT2D eigenvalue weighted by Crippen LogP contribution is -2.20. The smallest absolute Gasteiger partial charge is 0.231 e. The summed E-state index contributed by atoms with van der Waals surface area (Å²) >= 11 is 0. The Morgan fingerprint density at radius 2 is 2.33 bits per heavy atom. The second kappa shape index (κ2) is 1.82. The van der Waals surface area contributed by atoms with E-state index in [0.717, 1.165) is 25.0 Å². The summed E-state index contributed by atoms with van der Waals surface area (Å²) in [5.74, 6) is 0.748. The van der Waals surface area contributed by atoms with Crippen LogP contribution in [0.5, 0.6) is 0 Å². The molecule has 1 amide bonds. The maximum Gasteiger partial charge on any atom is 0.231 e. The zero-order valence-electron chi connectivity index (χ0n) is 6.84. The molecular weight excluding hydrogens is 150 g/mol. The van der Waals surface area contributed by atoms with Crippen LogP contribution < -0.4 is 5.32 Å². The molecule has 2 heteroatoms. The SMILES string of the molecule is O=C1NC2=CC=CCC2C12CC2. The summed E-state index contributed by atoms with van der Waals surface area (Å²) in [5.41, 5.74) is 1.18. The van der Waals surface area contributed by atoms with E-state index in [2.05, 4.69) is 11.4 Å². The van der Waals surface area contributed by atoms with Crippen molar-refractivity contribution in [2.45, 2.75) is 19.3 Å². The minimum absolute atomic E-state index is 0.0244. The van der Waals surface area contributed by atoms with Crippen molar-refractivity contribution in [3.05, 3.63) is 23.9 Å². The van der Waals surface area contributed by atoms with E-state index in [1.807, 2.05) is 12.2 Å². The zero-order valence-corrected chi connectivity index (χ0v) is 6.84. The molecule has 0 aromatic heterocycles. The van der Waals surface area contributed by atoms with Crippen LogP contribution >= 0.6 is 0 Å². The minimum Gasteiger partial charge on any atom is -0.329 e. The predicted molar refractivity (Wildman–Crippen MR) is 45.1 cm³/mol. The number of fused-ring (bicyclic) bond motifs is 2. The van der Waals surface area contributed by atoms with E-state index in [1.54, 1.807) is 0 Å². The van der Waals surface area contributed by atoms with E-state index < -0.39 is 0 Å². The molecule has 0 aromatic rings. The topological polar surface area (TPSA) is 29.1 Å². The first-order chi connectivity index (χ1) is 5.83. The number of rotatable bonds is 0. The Bertz CT molecular complexity index is 310. The van der Waals surface area contributed by atoms with Crippen molar-refractivity contribution in [2.24, 2.45) is 11.3 Å². The van der Waals surface area contributed by atoms with E-state index in [-0.39, 0.29) is 11.3 Å². The highest BCUT2D eigenvalue weighted by Crippen LogP contribution is 2.59. The fourth-order valence-electron chi connectivity index (χ4n) is 2.41. The molecule has 3 rings (SSSR count). The normalized spacial score (nSPS) is 34.5. The van der Waals surface area contributed by atoms with Crippen LogP contribution in [-0.4, -0.2) is 5.91 Å². The van der Waals surface area contributed by atoms with Gasteiger partial charge in [0.25, 0.3) is 0 Å². The Labute approximate surface area is 71.3 Å². The van der Waals surface area contributed by atoms with Crippen molar-refractivity contribution in [2.75, 3.05) is 0 Å². The lowest BCUT2D eigenvalue weighted by molar-refractivity contribution is -0.124. The molecule has 1 N–H and O–H groups in total. The van der Waals surface area contributed by atoms with Crippen LogP contribution in [0.15, 0.2) is 23.9 Å². The monoisotopic (exact) mass is 161 g/mol. The van der Waals surface area contributed by atoms with Gasteiger partial charge in [-0.2, -0.15) is 0 Å². The molecule has 1 atom stereocenters. The molecule has 0 bridgehead atoms. The summed E-state index contributed by atoms with van der Waals surface area (Å²) in [6, 6.07) is 0. The van der Waals surface area contributed by atoms with Gasteiger partial charge >= 0.3 is 0 Å². The Balaban J connectivity index is 2.05. The number of amides is 1. The van der Waals surface area contributed by atoms with Crippen molar-refractivity contribution >= 4 is 5.91 Å². The van der Waals surface area contributed by atoms with E-state index in [4.69, 9.17) is 0 Å². The molecule has 1 spiro atoms. The van der Waals surface area contributed by atoms with Gasteiger partial charge < -0.3 is 5.32 Å². The Morgan fingerprint density at radius 3 is 3.08 bits per heavy atom. The number of allylic oxidation sites excluding steroid dienone is 4. The quantitative estimate of drug-likeness (QED) is 0.571. The average molecular weight is 161 g/mol. The summed E-state index contributed by atoms with van der Waals surface area (Å²) in [6.45, 7) is 0. The van der Waals surface area contributed by atoms with Crippen molar-refractivity contribution in [3.63, 3.8) is 0 Å². The van der Waals surface area contributed by atoms with Crippen LogP contribution in [-0.2, 0) is 4.79 Å². The molecule has 0 radical (unpaired) electrons. The van der Waals surface area contributed by atoms with E-state index in [0.29, 0.717) is 5.92 Å². The van der Waals surface area contributed by atoms with Crippen LogP contribution in [0.4, 0.5) is 0 Å². The first-order valence-electron chi connectivity index (χ1n) is 4.51. The molecule has 62 valence electrons. The maximum absolute atomic E-state index is 11.5. The highest BCUT2D eigenvalue weighted by atomic mass is 16.2. The molecule has 1 saturated carbocycles. The van der Waals surface area contributed by atoms with Crippen LogP contribution in [0.2, 0.25) is 0 Å². The van der Waals surface area contributed by atoms with Gasteiger partial charge in [-0.25, -0.2) is 0 Å². The lowest BCUT2D eigenvalue weighted by atomic mass is 9.85. The predicted octanol–water partition coefficient (Wildman–Crippen LogP) is 1.36. The molecule has 1 saturated heterocycles. The fourth-order valence-corrected chi connectivity index (χ4v) is 2.41. The highest BCUT2D eigenvalue weighted by Gasteiger charge is 2.60. The number of carbonyl (C=O) groups is 1. The minimum atomic E-state index is 0.0244. The molecule has 1 aliphatic heterocycles. The van der Waals surface area contributed by atoms with Gasteiger partial charge in [0.05, 0.1) is 5.41 Å². The van der Waals surface area contributed by atoms with Crippen molar-refractivity contribution in [1.29, 1.82) is 0 Å². The van der Waals surface area contributed by atoms with E-state index in [1.165, 1.54) is 0 Å². The number of hydrogen-bond donors (Lipinski definition) is 1. The zero-order chi connectivity index (χ0) is 8.18. The molecule has 2 nitrogen and oxygen atoms in total. The molecule has 2 aliphatic carbocycles. The largest absolute Gasteiger partial charge is 0.329 e. The second-order valence-electron chi connectivity index (χ2n) is 3.95. The molecule has 0 aromatic carbocycles. The standard InChI is InChI=1S/C10H11NO/c12-9-10(5-6-10)7-3-1-2-4-8(7)11-9/h1-2,4,7H,3,5-6H2,(H,11,12). The third kappa shape index (κ3) is 0.591. The highest BCUT2D eigenvalue weighted by molar-refractivity contribution is 5.91. The van der Waals surface area contributed by atoms with Crippen LogP contribution in [0.1, 0.15) is 19.3 Å². The second-order valence-corrected chi connectivity index (χ2v) is 3.95. The molecule has 1 heterocycles. The van der Waals surface area contributed by atoms with Gasteiger partial charge in [0, 0.05) is 11.6 Å². The van der Waals surface area contributed by atoms with Gasteiger partial charge in [0.15, 0.2) is 0 Å². The Morgan fingerprint density at radius 1 is 1.50 bits per heavy atom. The van der Waals surface area contributed by atoms with Gasteiger partial charge in [-0.3, -0.25) is 4.79 Å². The molecule has 12 heavy (non-hydrogen) atoms. The average Bonchev–Trinajstić information content (AvgIpc) is 2.80. The van der Waals surface area contributed by atoms with Gasteiger partial charge in [0.1, 0.15) is 0 Å². The van der Waals surface area contributed by atoms with Crippen molar-refractivity contribution in [3.8, 4) is 0 Å². The summed E-state index contributed by atoms with van der Waals surface area (Å²) in [5, 5.41) is 2.98. The van der Waals surface area contributed by atoms with Crippen molar-refractivity contribution in [1.82, 2.24) is 5.32 Å². The van der Waals surface area contributed by atoms with Crippen molar-refractivity contribution < 1.29 is 4.79 Å². The summed E-state index contributed by atoms with van der Waals surface area (Å²) < 4.78 is 0. The van der Waals surface area contributed by atoms with Crippen LogP contribution in [0.25, 0.3) is 0 Å². The number of hydrogen-bond acceptors (Lipinski definition) is 1. The maximum atomic E-state index is 11.5. The van der Waals surface area contributed by atoms with E-state index in [9.17, 15) is 4.79 Å². The first-order valence-corrected chi connectivity index (χ1v) is 4.51. The third-order valence-electron chi connectivity index (χ3n) is 3.32. The summed E-state index contributed by atoms with van der Waals surface area (Å²) in [6.07, 6.45) is 9.47. The third-order valence-corrected chi connectivity index (χ3v) is 3.32. The summed E-state index contributed by atoms with van der Waals surface area (Å²) in [4.78, 5) is 11.5. The molecular formula is C10H11NO. The lowest BCUT2D eigenvalue weighted by Gasteiger charge is -2.16. The molecule has 2 fully saturated rings. The first kappa shape index (κ1) is 6.46.